The molecular formula is C20H21N3O3. The highest BCUT2D eigenvalue weighted by Crippen LogP contribution is 2.43. The summed E-state index contributed by atoms with van der Waals surface area (Å²) >= 11 is 0. The molecule has 26 heavy (non-hydrogen) atoms. The van der Waals surface area contributed by atoms with E-state index >= 15 is 0 Å². The predicted molar refractivity (Wildman–Crippen MR) is 100 cm³/mol. The molecule has 6 nitrogen and oxygen atoms in total. The van der Waals surface area contributed by atoms with Crippen molar-refractivity contribution in [3.8, 4) is 22.6 Å². The summed E-state index contributed by atoms with van der Waals surface area (Å²) in [5, 5.41) is 21.7. The van der Waals surface area contributed by atoms with E-state index in [0.717, 1.165) is 5.52 Å². The number of nitrogens with one attached hydrogen (secondary N) is 1. The summed E-state index contributed by atoms with van der Waals surface area (Å²) in [6.07, 6.45) is 0. The molecule has 0 spiro atoms. The van der Waals surface area contributed by atoms with E-state index in [1.165, 1.54) is 0 Å². The van der Waals surface area contributed by atoms with Gasteiger partial charge in [-0.1, -0.05) is 44.7 Å². The smallest absolute Gasteiger partial charge is 0.338 e. The van der Waals surface area contributed by atoms with Gasteiger partial charge in [-0.3, -0.25) is 5.10 Å². The molecule has 0 aliphatic rings. The van der Waals surface area contributed by atoms with Crippen LogP contribution in [-0.2, 0) is 10.2 Å². The first kappa shape index (κ1) is 17.7. The molecular weight excluding hydrogens is 330 g/mol. The van der Waals surface area contributed by atoms with Crippen molar-refractivity contribution >= 4 is 17.0 Å². The number of phenolic OH excluding ortho intramolecular Hbond substituents is 1. The van der Waals surface area contributed by atoms with E-state index in [0.29, 0.717) is 33.5 Å². The third-order valence-corrected chi connectivity index (χ3v) is 4.10. The van der Waals surface area contributed by atoms with E-state index in [1.807, 2.05) is 39.0 Å². The molecule has 0 saturated heterocycles. The Morgan fingerprint density at radius 3 is 2.62 bits per heavy atom. The van der Waals surface area contributed by atoms with Crippen LogP contribution in [0.25, 0.3) is 22.2 Å². The minimum Gasteiger partial charge on any atom is -0.507 e. The molecule has 0 aliphatic carbocycles. The van der Waals surface area contributed by atoms with Crippen LogP contribution in [0.2, 0.25) is 0 Å². The molecule has 1 heterocycles. The SMILES string of the molecule is C=C(C)C(=O)Oc1cc(-c2cccc3[nH]nnc23)c(O)c(C(C)(C)C)c1. The molecule has 3 aromatic rings. The Balaban J connectivity index is 2.25. The number of aromatic hydroxyl groups is 1. The lowest BCUT2D eigenvalue weighted by Crippen LogP contribution is -2.14. The maximum Gasteiger partial charge on any atom is 0.338 e. The van der Waals surface area contributed by atoms with Gasteiger partial charge in [0.15, 0.2) is 0 Å². The molecule has 3 rings (SSSR count). The molecule has 2 aromatic carbocycles. The average molecular weight is 351 g/mol. The van der Waals surface area contributed by atoms with E-state index in [9.17, 15) is 9.90 Å². The Hall–Kier alpha value is -3.15. The zero-order valence-electron chi connectivity index (χ0n) is 15.3. The third kappa shape index (κ3) is 3.18. The normalized spacial score (nSPS) is 11.5. The second kappa shape index (κ2) is 6.29. The first-order valence-electron chi connectivity index (χ1n) is 8.24. The van der Waals surface area contributed by atoms with Gasteiger partial charge in [0.25, 0.3) is 0 Å². The van der Waals surface area contributed by atoms with Crippen LogP contribution in [0.5, 0.6) is 11.5 Å². The van der Waals surface area contributed by atoms with Gasteiger partial charge >= 0.3 is 5.97 Å². The lowest BCUT2D eigenvalue weighted by atomic mass is 9.84. The minimum atomic E-state index is -0.513. The Kier molecular flexibility index (Phi) is 4.28. The fourth-order valence-electron chi connectivity index (χ4n) is 2.73. The van der Waals surface area contributed by atoms with Crippen molar-refractivity contribution in [3.05, 3.63) is 48.0 Å². The molecule has 0 radical (unpaired) electrons. The van der Waals surface area contributed by atoms with Crippen molar-refractivity contribution in [2.45, 2.75) is 33.1 Å². The Labute approximate surface area is 151 Å². The maximum atomic E-state index is 12.0. The van der Waals surface area contributed by atoms with Gasteiger partial charge in [0.05, 0.1) is 5.52 Å². The fourth-order valence-corrected chi connectivity index (χ4v) is 2.73. The van der Waals surface area contributed by atoms with Crippen LogP contribution < -0.4 is 4.74 Å². The summed E-state index contributed by atoms with van der Waals surface area (Å²) in [5.74, 6) is -0.0412. The van der Waals surface area contributed by atoms with Crippen molar-refractivity contribution in [3.63, 3.8) is 0 Å². The molecule has 0 amide bonds. The van der Waals surface area contributed by atoms with Crippen LogP contribution in [0.3, 0.4) is 0 Å². The van der Waals surface area contributed by atoms with Gasteiger partial charge in [0.1, 0.15) is 17.0 Å². The zero-order valence-corrected chi connectivity index (χ0v) is 15.3. The van der Waals surface area contributed by atoms with E-state index < -0.39 is 5.97 Å². The third-order valence-electron chi connectivity index (χ3n) is 4.10. The first-order valence-corrected chi connectivity index (χ1v) is 8.24. The van der Waals surface area contributed by atoms with Gasteiger partial charge in [-0.15, -0.1) is 5.10 Å². The zero-order chi connectivity index (χ0) is 19.1. The number of phenols is 1. The highest BCUT2D eigenvalue weighted by Gasteiger charge is 2.24. The number of carbonyl (C=O) groups is 1. The van der Waals surface area contributed by atoms with Gasteiger partial charge in [-0.05, 0) is 30.5 Å². The van der Waals surface area contributed by atoms with Gasteiger partial charge in [0.2, 0.25) is 0 Å². The number of hydrogen-bond donors (Lipinski definition) is 2. The summed E-state index contributed by atoms with van der Waals surface area (Å²) in [7, 11) is 0. The van der Waals surface area contributed by atoms with E-state index in [4.69, 9.17) is 4.74 Å². The highest BCUT2D eigenvalue weighted by atomic mass is 16.5. The Morgan fingerprint density at radius 2 is 1.96 bits per heavy atom. The minimum absolute atomic E-state index is 0.128. The summed E-state index contributed by atoms with van der Waals surface area (Å²) in [5.41, 5.74) is 3.22. The second-order valence-corrected chi connectivity index (χ2v) is 7.30. The number of esters is 1. The van der Waals surface area contributed by atoms with E-state index in [-0.39, 0.29) is 11.2 Å². The van der Waals surface area contributed by atoms with Crippen LogP contribution in [0, 0.1) is 0 Å². The topological polar surface area (TPSA) is 88.1 Å². The molecule has 2 N–H and O–H groups in total. The van der Waals surface area contributed by atoms with Gasteiger partial charge in [-0.2, -0.15) is 0 Å². The molecule has 0 atom stereocenters. The molecule has 0 aliphatic heterocycles. The van der Waals surface area contributed by atoms with Gasteiger partial charge in [0, 0.05) is 22.3 Å². The van der Waals surface area contributed by atoms with Crippen LogP contribution in [0.1, 0.15) is 33.3 Å². The van der Waals surface area contributed by atoms with Crippen LogP contribution in [0.15, 0.2) is 42.5 Å². The quantitative estimate of drug-likeness (QED) is 0.421. The number of aromatic amines is 1. The number of hydrogen-bond acceptors (Lipinski definition) is 5. The van der Waals surface area contributed by atoms with E-state index in [2.05, 4.69) is 22.0 Å². The average Bonchev–Trinajstić information content (AvgIpc) is 3.03. The number of rotatable bonds is 3. The van der Waals surface area contributed by atoms with Crippen LogP contribution in [0.4, 0.5) is 0 Å². The van der Waals surface area contributed by atoms with Crippen molar-refractivity contribution in [2.24, 2.45) is 0 Å². The van der Waals surface area contributed by atoms with Gasteiger partial charge in [-0.25, -0.2) is 4.79 Å². The number of ether oxygens (including phenoxy) is 1. The van der Waals surface area contributed by atoms with Gasteiger partial charge < -0.3 is 9.84 Å². The maximum absolute atomic E-state index is 12.0. The predicted octanol–water partition coefficient (Wildman–Crippen LogP) is 4.11. The van der Waals surface area contributed by atoms with Crippen molar-refractivity contribution in [1.29, 1.82) is 0 Å². The first-order chi connectivity index (χ1) is 12.2. The summed E-state index contributed by atoms with van der Waals surface area (Å²) in [6.45, 7) is 11.1. The molecule has 0 fully saturated rings. The monoisotopic (exact) mass is 351 g/mol. The fraction of sp³-hybridized carbons (Fsp3) is 0.250. The summed E-state index contributed by atoms with van der Waals surface area (Å²) < 4.78 is 5.43. The number of H-pyrrole nitrogens is 1. The number of nitrogens with zero attached hydrogens (tertiary/aromatic N) is 2. The Bertz CT molecular complexity index is 1010. The highest BCUT2D eigenvalue weighted by molar-refractivity contribution is 5.94. The molecule has 0 unspecified atom stereocenters. The number of carbonyl (C=O) groups excluding carboxylic acids is 1. The lowest BCUT2D eigenvalue weighted by Gasteiger charge is -2.23. The standard InChI is InChI=1S/C20H21N3O3/c1-11(2)19(25)26-12-9-14(18(24)15(10-12)20(3,4)5)13-7-6-8-16-17(13)22-23-21-16/h6-10,24H,1H2,2-5H3,(H,21,22,23). The van der Waals surface area contributed by atoms with Crippen LogP contribution in [-0.4, -0.2) is 26.5 Å². The number of benzene rings is 2. The molecule has 0 saturated carbocycles. The number of aromatic nitrogens is 3. The molecule has 1 aromatic heterocycles. The molecule has 6 heteroatoms. The molecule has 0 bridgehead atoms. The Morgan fingerprint density at radius 1 is 1.23 bits per heavy atom. The van der Waals surface area contributed by atoms with Crippen LogP contribution >= 0.6 is 0 Å². The second-order valence-electron chi connectivity index (χ2n) is 7.30. The van der Waals surface area contributed by atoms with E-state index in [1.54, 1.807) is 19.1 Å². The van der Waals surface area contributed by atoms with Crippen molar-refractivity contribution < 1.29 is 14.6 Å². The summed E-state index contributed by atoms with van der Waals surface area (Å²) in [4.78, 5) is 12.0. The number of fused-ring (bicyclic) bond motifs is 1. The summed E-state index contributed by atoms with van der Waals surface area (Å²) in [6, 6.07) is 8.86. The largest absolute Gasteiger partial charge is 0.507 e. The lowest BCUT2D eigenvalue weighted by molar-refractivity contribution is -0.130. The molecule has 134 valence electrons. The van der Waals surface area contributed by atoms with Crippen molar-refractivity contribution in [2.75, 3.05) is 0 Å². The van der Waals surface area contributed by atoms with Crippen molar-refractivity contribution in [1.82, 2.24) is 15.4 Å².